The minimum absolute atomic E-state index is 0.191. The van der Waals surface area contributed by atoms with Gasteiger partial charge in [-0.15, -0.1) is 0 Å². The van der Waals surface area contributed by atoms with Crippen molar-refractivity contribution in [3.63, 3.8) is 0 Å². The van der Waals surface area contributed by atoms with Gasteiger partial charge in [-0.2, -0.15) is 0 Å². The molecule has 1 fully saturated rings. The molecule has 1 aromatic rings. The van der Waals surface area contributed by atoms with E-state index in [0.29, 0.717) is 18.5 Å². The zero-order chi connectivity index (χ0) is 14.7. The quantitative estimate of drug-likeness (QED) is 0.884. The number of carbonyl (C=O) groups is 2. The summed E-state index contributed by atoms with van der Waals surface area (Å²) in [6.07, 6.45) is 3.03. The van der Waals surface area contributed by atoms with Crippen LogP contribution in [0, 0.1) is 18.8 Å². The Morgan fingerprint density at radius 1 is 1.25 bits per heavy atom. The average molecular weight is 340 g/mol. The van der Waals surface area contributed by atoms with Crippen LogP contribution >= 0.6 is 15.9 Å². The van der Waals surface area contributed by atoms with Gasteiger partial charge in [0.2, 0.25) is 5.91 Å². The second kappa shape index (κ2) is 6.39. The molecule has 0 radical (unpaired) electrons. The van der Waals surface area contributed by atoms with Gasteiger partial charge in [0.15, 0.2) is 0 Å². The van der Waals surface area contributed by atoms with E-state index in [9.17, 15) is 14.7 Å². The summed E-state index contributed by atoms with van der Waals surface area (Å²) in [5.74, 6) is -2.06. The van der Waals surface area contributed by atoms with E-state index in [2.05, 4.69) is 21.2 Å². The van der Waals surface area contributed by atoms with Crippen molar-refractivity contribution in [2.24, 2.45) is 11.8 Å². The first-order valence-corrected chi connectivity index (χ1v) is 7.58. The highest BCUT2D eigenvalue weighted by atomic mass is 79.9. The van der Waals surface area contributed by atoms with Crippen LogP contribution in [0.3, 0.4) is 0 Å². The summed E-state index contributed by atoms with van der Waals surface area (Å²) in [6.45, 7) is 1.95. The molecule has 1 aliphatic carbocycles. The number of hydrogen-bond acceptors (Lipinski definition) is 2. The summed E-state index contributed by atoms with van der Waals surface area (Å²) < 4.78 is 0.805. The lowest BCUT2D eigenvalue weighted by atomic mass is 9.78. The van der Waals surface area contributed by atoms with E-state index in [-0.39, 0.29) is 5.91 Å². The van der Waals surface area contributed by atoms with Crippen molar-refractivity contribution in [2.45, 2.75) is 32.6 Å². The van der Waals surface area contributed by atoms with Crippen LogP contribution in [-0.4, -0.2) is 17.0 Å². The molecule has 1 aliphatic rings. The van der Waals surface area contributed by atoms with Gasteiger partial charge in [-0.3, -0.25) is 9.59 Å². The predicted octanol–water partition coefficient (Wildman–Crippen LogP) is 3.59. The van der Waals surface area contributed by atoms with Gasteiger partial charge < -0.3 is 10.4 Å². The van der Waals surface area contributed by atoms with Crippen LogP contribution < -0.4 is 5.32 Å². The van der Waals surface area contributed by atoms with Crippen LogP contribution in [0.15, 0.2) is 22.7 Å². The second-order valence-electron chi connectivity index (χ2n) is 5.31. The largest absolute Gasteiger partial charge is 0.481 e. The number of nitrogens with one attached hydrogen (secondary N) is 1. The molecule has 0 saturated heterocycles. The van der Waals surface area contributed by atoms with E-state index >= 15 is 0 Å². The number of rotatable bonds is 3. The number of anilines is 1. The lowest BCUT2D eigenvalue weighted by molar-refractivity contribution is -0.147. The van der Waals surface area contributed by atoms with Gasteiger partial charge >= 0.3 is 5.97 Å². The van der Waals surface area contributed by atoms with E-state index in [1.54, 1.807) is 0 Å². The van der Waals surface area contributed by atoms with Crippen LogP contribution in [0.4, 0.5) is 5.69 Å². The van der Waals surface area contributed by atoms with E-state index in [0.717, 1.165) is 22.9 Å². The fourth-order valence-corrected chi connectivity index (χ4v) is 3.05. The minimum Gasteiger partial charge on any atom is -0.481 e. The third-order valence-corrected chi connectivity index (χ3v) is 4.49. The molecule has 2 unspecified atom stereocenters. The molecule has 1 aromatic carbocycles. The Bertz CT molecular complexity index is 530. The molecular formula is C15H18BrNO3. The summed E-state index contributed by atoms with van der Waals surface area (Å²) >= 11 is 3.40. The number of carbonyl (C=O) groups excluding carboxylic acids is 1. The van der Waals surface area contributed by atoms with Crippen molar-refractivity contribution in [2.75, 3.05) is 5.32 Å². The minimum atomic E-state index is -0.867. The van der Waals surface area contributed by atoms with Crippen LogP contribution in [-0.2, 0) is 9.59 Å². The van der Waals surface area contributed by atoms with Gasteiger partial charge in [0.25, 0.3) is 0 Å². The van der Waals surface area contributed by atoms with Crippen LogP contribution in [0.5, 0.6) is 0 Å². The molecule has 0 spiro atoms. The molecule has 5 heteroatoms. The van der Waals surface area contributed by atoms with E-state index in [4.69, 9.17) is 0 Å². The Labute approximate surface area is 126 Å². The summed E-state index contributed by atoms with van der Waals surface area (Å²) in [7, 11) is 0. The standard InChI is InChI=1S/C15H18BrNO3/c1-9-6-7-12(16)13(8-9)17-14(18)10-4-2-3-5-11(10)15(19)20/h6-8,10-11H,2-5H2,1H3,(H,17,18)(H,19,20). The Balaban J connectivity index is 2.14. The summed E-state index contributed by atoms with van der Waals surface area (Å²) in [6, 6.07) is 5.70. The molecule has 2 atom stereocenters. The van der Waals surface area contributed by atoms with Crippen LogP contribution in [0.2, 0.25) is 0 Å². The third kappa shape index (κ3) is 3.39. The SMILES string of the molecule is Cc1ccc(Br)c(NC(=O)C2CCCCC2C(=O)O)c1. The molecule has 2 N–H and O–H groups in total. The van der Waals surface area contributed by atoms with Crippen molar-refractivity contribution >= 4 is 33.5 Å². The highest BCUT2D eigenvalue weighted by molar-refractivity contribution is 9.10. The number of halogens is 1. The predicted molar refractivity (Wildman–Crippen MR) is 80.6 cm³/mol. The van der Waals surface area contributed by atoms with Gasteiger partial charge in [0.1, 0.15) is 0 Å². The molecule has 1 amide bonds. The smallest absolute Gasteiger partial charge is 0.307 e. The number of amides is 1. The fourth-order valence-electron chi connectivity index (χ4n) is 2.70. The summed E-state index contributed by atoms with van der Waals surface area (Å²) in [5.41, 5.74) is 1.74. The summed E-state index contributed by atoms with van der Waals surface area (Å²) in [5, 5.41) is 12.1. The van der Waals surface area contributed by atoms with Crippen LogP contribution in [0.1, 0.15) is 31.2 Å². The average Bonchev–Trinajstić information content (AvgIpc) is 2.42. The number of benzene rings is 1. The van der Waals surface area contributed by atoms with Crippen molar-refractivity contribution in [1.82, 2.24) is 0 Å². The highest BCUT2D eigenvalue weighted by Crippen LogP contribution is 2.32. The van der Waals surface area contributed by atoms with Crippen molar-refractivity contribution < 1.29 is 14.7 Å². The highest BCUT2D eigenvalue weighted by Gasteiger charge is 2.35. The second-order valence-corrected chi connectivity index (χ2v) is 6.16. The van der Waals surface area contributed by atoms with E-state index in [1.807, 2.05) is 25.1 Å². The van der Waals surface area contributed by atoms with Gasteiger partial charge in [-0.1, -0.05) is 18.9 Å². The molecular weight excluding hydrogens is 322 g/mol. The Morgan fingerprint density at radius 2 is 1.90 bits per heavy atom. The molecule has 2 rings (SSSR count). The first kappa shape index (κ1) is 15.0. The maximum absolute atomic E-state index is 12.4. The third-order valence-electron chi connectivity index (χ3n) is 3.80. The monoisotopic (exact) mass is 339 g/mol. The lowest BCUT2D eigenvalue weighted by Crippen LogP contribution is -2.36. The van der Waals surface area contributed by atoms with Gasteiger partial charge in [-0.25, -0.2) is 0 Å². The van der Waals surface area contributed by atoms with Gasteiger partial charge in [-0.05, 0) is 53.4 Å². The molecule has 108 valence electrons. The number of carboxylic acid groups (broad SMARTS) is 1. The van der Waals surface area contributed by atoms with Crippen molar-refractivity contribution in [1.29, 1.82) is 0 Å². The number of aryl methyl sites for hydroxylation is 1. The number of carboxylic acids is 1. The van der Waals surface area contributed by atoms with Crippen molar-refractivity contribution in [3.8, 4) is 0 Å². The Hall–Kier alpha value is -1.36. The van der Waals surface area contributed by atoms with Crippen LogP contribution in [0.25, 0.3) is 0 Å². The van der Waals surface area contributed by atoms with E-state index < -0.39 is 17.8 Å². The lowest BCUT2D eigenvalue weighted by Gasteiger charge is -2.27. The first-order chi connectivity index (χ1) is 9.49. The fraction of sp³-hybridized carbons (Fsp3) is 0.467. The molecule has 1 saturated carbocycles. The Kier molecular flexibility index (Phi) is 4.81. The zero-order valence-electron chi connectivity index (χ0n) is 11.4. The Morgan fingerprint density at radius 3 is 2.55 bits per heavy atom. The number of aliphatic carboxylic acids is 1. The first-order valence-electron chi connectivity index (χ1n) is 6.79. The number of hydrogen-bond donors (Lipinski definition) is 2. The molecule has 0 bridgehead atoms. The molecule has 0 aromatic heterocycles. The van der Waals surface area contributed by atoms with Gasteiger partial charge in [0.05, 0.1) is 17.5 Å². The maximum atomic E-state index is 12.4. The molecule has 4 nitrogen and oxygen atoms in total. The zero-order valence-corrected chi connectivity index (χ0v) is 12.9. The normalized spacial score (nSPS) is 22.3. The van der Waals surface area contributed by atoms with Gasteiger partial charge in [0, 0.05) is 4.47 Å². The molecule has 0 heterocycles. The maximum Gasteiger partial charge on any atom is 0.307 e. The molecule has 0 aliphatic heterocycles. The van der Waals surface area contributed by atoms with Crippen molar-refractivity contribution in [3.05, 3.63) is 28.2 Å². The molecule has 20 heavy (non-hydrogen) atoms. The topological polar surface area (TPSA) is 66.4 Å². The van der Waals surface area contributed by atoms with E-state index in [1.165, 1.54) is 0 Å². The summed E-state index contributed by atoms with van der Waals surface area (Å²) in [4.78, 5) is 23.6.